The van der Waals surface area contributed by atoms with Gasteiger partial charge in [0.15, 0.2) is 0 Å². The number of carbonyl (C=O) groups excluding carboxylic acids is 2. The van der Waals surface area contributed by atoms with Crippen LogP contribution in [-0.2, 0) is 4.79 Å². The molecule has 1 heterocycles. The van der Waals surface area contributed by atoms with Crippen molar-refractivity contribution >= 4 is 11.9 Å². The van der Waals surface area contributed by atoms with Crippen LogP contribution in [0.15, 0.2) is 0 Å². The average Bonchev–Trinajstić information content (AvgIpc) is 1.75. The van der Waals surface area contributed by atoms with Gasteiger partial charge in [0.1, 0.15) is 6.04 Å². The molecule has 1 unspecified atom stereocenters. The van der Waals surface area contributed by atoms with Gasteiger partial charge in [-0.2, -0.15) is 0 Å². The molecule has 1 fully saturated rings. The number of primary amides is 1. The van der Waals surface area contributed by atoms with Gasteiger partial charge in [-0.3, -0.25) is 4.79 Å². The van der Waals surface area contributed by atoms with Crippen LogP contribution in [0.5, 0.6) is 0 Å². The Labute approximate surface area is 83.6 Å². The second-order valence-electron chi connectivity index (χ2n) is 4.58. The maximum Gasteiger partial charge on any atom is 0.318 e. The number of hydrogen-bond acceptors (Lipinski definition) is 2. The highest BCUT2D eigenvalue weighted by Gasteiger charge is 2.37. The molecule has 1 aliphatic heterocycles. The van der Waals surface area contributed by atoms with E-state index in [0.717, 1.165) is 0 Å². The molecule has 0 bridgehead atoms. The number of rotatable bonds is 1. The highest BCUT2D eigenvalue weighted by molar-refractivity contribution is 5.87. The van der Waals surface area contributed by atoms with Crippen LogP contribution in [0.2, 0.25) is 0 Å². The van der Waals surface area contributed by atoms with E-state index < -0.39 is 11.9 Å². The molecule has 80 valence electrons. The Morgan fingerprint density at radius 2 is 2.00 bits per heavy atom. The number of nitrogens with two attached hydrogens (primary N) is 1. The molecule has 0 aromatic carbocycles. The van der Waals surface area contributed by atoms with Crippen LogP contribution in [0.3, 0.4) is 0 Å². The van der Waals surface area contributed by atoms with Crippen LogP contribution in [0.1, 0.15) is 27.2 Å². The third-order valence-electron chi connectivity index (χ3n) is 2.09. The van der Waals surface area contributed by atoms with Gasteiger partial charge < -0.3 is 16.0 Å². The fourth-order valence-corrected chi connectivity index (χ4v) is 1.32. The first-order chi connectivity index (χ1) is 6.31. The number of carbonyl (C=O) groups is 2. The minimum Gasteiger partial charge on any atom is -0.368 e. The van der Waals surface area contributed by atoms with Crippen molar-refractivity contribution in [1.29, 1.82) is 0 Å². The molecule has 0 aliphatic carbocycles. The van der Waals surface area contributed by atoms with Gasteiger partial charge in [-0.15, -0.1) is 0 Å². The minimum absolute atomic E-state index is 0.215. The fraction of sp³-hybridized carbons (Fsp3) is 0.778. The van der Waals surface area contributed by atoms with Crippen LogP contribution in [0.4, 0.5) is 4.79 Å². The van der Waals surface area contributed by atoms with Crippen molar-refractivity contribution in [3.05, 3.63) is 0 Å². The van der Waals surface area contributed by atoms with Gasteiger partial charge in [0.2, 0.25) is 5.91 Å². The summed E-state index contributed by atoms with van der Waals surface area (Å²) in [6.07, 6.45) is 0.674. The number of nitrogens with zero attached hydrogens (tertiary/aromatic N) is 1. The fourth-order valence-electron chi connectivity index (χ4n) is 1.32. The SMILES string of the molecule is CC(C)(C)NC(=O)N1CCC1C(N)=O. The van der Waals surface area contributed by atoms with E-state index >= 15 is 0 Å². The normalized spacial score (nSPS) is 21.4. The first-order valence-electron chi connectivity index (χ1n) is 4.69. The van der Waals surface area contributed by atoms with E-state index in [9.17, 15) is 9.59 Å². The van der Waals surface area contributed by atoms with Crippen molar-refractivity contribution in [3.63, 3.8) is 0 Å². The Bertz CT molecular complexity index is 257. The van der Waals surface area contributed by atoms with Gasteiger partial charge in [-0.25, -0.2) is 4.79 Å². The molecule has 0 saturated carbocycles. The predicted molar refractivity (Wildman–Crippen MR) is 52.6 cm³/mol. The molecular weight excluding hydrogens is 182 g/mol. The Morgan fingerprint density at radius 3 is 2.29 bits per heavy atom. The molecule has 0 radical (unpaired) electrons. The third-order valence-corrected chi connectivity index (χ3v) is 2.09. The molecule has 1 rings (SSSR count). The summed E-state index contributed by atoms with van der Waals surface area (Å²) in [7, 11) is 0. The van der Waals surface area contributed by atoms with Crippen LogP contribution < -0.4 is 11.1 Å². The maximum atomic E-state index is 11.6. The van der Waals surface area contributed by atoms with Crippen LogP contribution in [0.25, 0.3) is 0 Å². The first kappa shape index (κ1) is 10.8. The lowest BCUT2D eigenvalue weighted by atomic mass is 10.0. The van der Waals surface area contributed by atoms with E-state index in [0.29, 0.717) is 13.0 Å². The second kappa shape index (κ2) is 3.48. The zero-order valence-corrected chi connectivity index (χ0v) is 8.83. The van der Waals surface area contributed by atoms with Crippen molar-refractivity contribution in [2.45, 2.75) is 38.8 Å². The Hall–Kier alpha value is -1.26. The average molecular weight is 199 g/mol. The van der Waals surface area contributed by atoms with E-state index in [-0.39, 0.29) is 11.6 Å². The number of likely N-dealkylation sites (tertiary alicyclic amines) is 1. The highest BCUT2D eigenvalue weighted by atomic mass is 16.2. The van der Waals surface area contributed by atoms with Crippen LogP contribution in [0, 0.1) is 0 Å². The molecule has 1 aliphatic rings. The van der Waals surface area contributed by atoms with Crippen molar-refractivity contribution in [1.82, 2.24) is 10.2 Å². The summed E-state index contributed by atoms with van der Waals surface area (Å²) in [6, 6.07) is -0.634. The summed E-state index contributed by atoms with van der Waals surface area (Å²) in [5.74, 6) is -0.430. The Morgan fingerprint density at radius 1 is 1.43 bits per heavy atom. The minimum atomic E-state index is -0.430. The van der Waals surface area contributed by atoms with Gasteiger partial charge in [-0.05, 0) is 27.2 Å². The second-order valence-corrected chi connectivity index (χ2v) is 4.58. The molecule has 0 aromatic rings. The van der Waals surface area contributed by atoms with Crippen LogP contribution >= 0.6 is 0 Å². The molecule has 3 amide bonds. The summed E-state index contributed by atoms with van der Waals surface area (Å²) in [5, 5.41) is 2.79. The molecule has 1 saturated heterocycles. The monoisotopic (exact) mass is 199 g/mol. The summed E-state index contributed by atoms with van der Waals surface area (Å²) in [4.78, 5) is 23.9. The Balaban J connectivity index is 2.51. The van der Waals surface area contributed by atoms with E-state index in [4.69, 9.17) is 5.73 Å². The molecule has 5 heteroatoms. The van der Waals surface area contributed by atoms with E-state index in [1.807, 2.05) is 20.8 Å². The number of nitrogens with one attached hydrogen (secondary N) is 1. The first-order valence-corrected chi connectivity index (χ1v) is 4.69. The van der Waals surface area contributed by atoms with Gasteiger partial charge in [0.25, 0.3) is 0 Å². The smallest absolute Gasteiger partial charge is 0.318 e. The molecular formula is C9H17N3O2. The van der Waals surface area contributed by atoms with Gasteiger partial charge >= 0.3 is 6.03 Å². The summed E-state index contributed by atoms with van der Waals surface area (Å²) in [6.45, 7) is 6.29. The number of amides is 3. The van der Waals surface area contributed by atoms with E-state index in [2.05, 4.69) is 5.32 Å². The largest absolute Gasteiger partial charge is 0.368 e. The number of urea groups is 1. The molecule has 3 N–H and O–H groups in total. The quantitative estimate of drug-likeness (QED) is 0.626. The zero-order chi connectivity index (χ0) is 10.9. The lowest BCUT2D eigenvalue weighted by Gasteiger charge is -2.40. The topological polar surface area (TPSA) is 75.4 Å². The van der Waals surface area contributed by atoms with Crippen molar-refractivity contribution in [2.24, 2.45) is 5.73 Å². The van der Waals surface area contributed by atoms with E-state index in [1.165, 1.54) is 4.90 Å². The standard InChI is InChI=1S/C9H17N3O2/c1-9(2,3)11-8(14)12-5-4-6(12)7(10)13/h6H,4-5H2,1-3H3,(H2,10,13)(H,11,14). The molecule has 0 aromatic heterocycles. The molecule has 1 atom stereocenters. The summed E-state index contributed by atoms with van der Waals surface area (Å²) in [5.41, 5.74) is 4.85. The lowest BCUT2D eigenvalue weighted by molar-refractivity contribution is -0.125. The van der Waals surface area contributed by atoms with Gasteiger partial charge in [0, 0.05) is 12.1 Å². The molecule has 14 heavy (non-hydrogen) atoms. The summed E-state index contributed by atoms with van der Waals surface area (Å²) < 4.78 is 0. The van der Waals surface area contributed by atoms with Crippen molar-refractivity contribution in [3.8, 4) is 0 Å². The summed E-state index contributed by atoms with van der Waals surface area (Å²) >= 11 is 0. The lowest BCUT2D eigenvalue weighted by Crippen LogP contribution is -2.62. The predicted octanol–water partition coefficient (Wildman–Crippen LogP) is 0.0541. The molecule has 0 spiro atoms. The maximum absolute atomic E-state index is 11.6. The number of hydrogen-bond donors (Lipinski definition) is 2. The zero-order valence-electron chi connectivity index (χ0n) is 8.83. The van der Waals surface area contributed by atoms with Crippen LogP contribution in [-0.4, -0.2) is 35.0 Å². The van der Waals surface area contributed by atoms with E-state index in [1.54, 1.807) is 0 Å². The molecule has 5 nitrogen and oxygen atoms in total. The van der Waals surface area contributed by atoms with Crippen molar-refractivity contribution in [2.75, 3.05) is 6.54 Å². The highest BCUT2D eigenvalue weighted by Crippen LogP contribution is 2.17. The van der Waals surface area contributed by atoms with Gasteiger partial charge in [-0.1, -0.05) is 0 Å². The Kier molecular flexibility index (Phi) is 2.69. The van der Waals surface area contributed by atoms with Crippen molar-refractivity contribution < 1.29 is 9.59 Å². The third kappa shape index (κ3) is 2.37. The van der Waals surface area contributed by atoms with Gasteiger partial charge in [0.05, 0.1) is 0 Å².